The first-order chi connectivity index (χ1) is 12.8. The molecule has 8 nitrogen and oxygen atoms in total. The first kappa shape index (κ1) is 20.4. The summed E-state index contributed by atoms with van der Waals surface area (Å²) in [6.45, 7) is 1.08. The maximum Gasteiger partial charge on any atom is 0.316 e. The molecule has 0 unspecified atom stereocenters. The van der Waals surface area contributed by atoms with Crippen molar-refractivity contribution in [1.29, 1.82) is 0 Å². The molecule has 27 heavy (non-hydrogen) atoms. The quantitative estimate of drug-likeness (QED) is 0.654. The monoisotopic (exact) mass is 399 g/mol. The first-order valence-corrected chi connectivity index (χ1v) is 8.70. The molecule has 0 saturated heterocycles. The molecule has 2 aromatic rings. The van der Waals surface area contributed by atoms with Gasteiger partial charge in [-0.15, -0.1) is 11.8 Å². The minimum absolute atomic E-state index is 0.0257. The van der Waals surface area contributed by atoms with Gasteiger partial charge in [0.15, 0.2) is 24.1 Å². The van der Waals surface area contributed by atoms with Gasteiger partial charge in [0.25, 0.3) is 5.91 Å². The summed E-state index contributed by atoms with van der Waals surface area (Å²) in [6.07, 6.45) is 0. The van der Waals surface area contributed by atoms with E-state index in [9.17, 15) is 23.2 Å². The third kappa shape index (κ3) is 7.05. The highest BCUT2D eigenvalue weighted by atomic mass is 32.2. The molecule has 2 amide bonds. The number of carbonyl (C=O) groups excluding carboxylic acids is 3. The summed E-state index contributed by atoms with van der Waals surface area (Å²) in [5, 5.41) is 8.34. The number of carbonyl (C=O) groups is 3. The molecule has 2 rings (SSSR count). The molecule has 1 aromatic carbocycles. The number of nitrogens with one attached hydrogen (secondary N) is 2. The van der Waals surface area contributed by atoms with Crippen molar-refractivity contribution in [2.24, 2.45) is 0 Å². The molecule has 0 fully saturated rings. The number of aryl methyl sites for hydroxylation is 1. The van der Waals surface area contributed by atoms with Crippen LogP contribution >= 0.6 is 11.8 Å². The zero-order valence-corrected chi connectivity index (χ0v) is 14.9. The van der Waals surface area contributed by atoms with Crippen molar-refractivity contribution in [3.8, 4) is 0 Å². The lowest BCUT2D eigenvalue weighted by Gasteiger charge is -2.07. The van der Waals surface area contributed by atoms with Crippen LogP contribution in [0.4, 0.5) is 20.3 Å². The van der Waals surface area contributed by atoms with Gasteiger partial charge in [-0.1, -0.05) is 5.16 Å². The van der Waals surface area contributed by atoms with Gasteiger partial charge in [-0.25, -0.2) is 8.78 Å². The summed E-state index contributed by atoms with van der Waals surface area (Å²) in [5.74, 6) is -3.30. The van der Waals surface area contributed by atoms with E-state index in [-0.39, 0.29) is 28.9 Å². The number of nitrogens with zero attached hydrogens (tertiary/aromatic N) is 1. The Morgan fingerprint density at radius 1 is 1.11 bits per heavy atom. The van der Waals surface area contributed by atoms with Crippen LogP contribution in [0.2, 0.25) is 0 Å². The number of anilines is 2. The first-order valence-electron chi connectivity index (χ1n) is 7.55. The molecule has 0 spiro atoms. The standard InChI is InChI=1S/C16H15F2N3O5S/c1-9-4-13(21-26-9)20-15(23)7-27-8-16(24)25-6-14(22)19-10-2-3-11(17)12(18)5-10/h2-5H,6-8H2,1H3,(H,19,22)(H,20,21,23). The lowest BCUT2D eigenvalue weighted by atomic mass is 10.3. The van der Waals surface area contributed by atoms with Gasteiger partial charge in [0.2, 0.25) is 5.91 Å². The predicted molar refractivity (Wildman–Crippen MR) is 93.1 cm³/mol. The fraction of sp³-hybridized carbons (Fsp3) is 0.250. The van der Waals surface area contributed by atoms with Gasteiger partial charge in [0.1, 0.15) is 5.76 Å². The number of ether oxygens (including phenoxy) is 1. The van der Waals surface area contributed by atoms with Gasteiger partial charge < -0.3 is 19.9 Å². The van der Waals surface area contributed by atoms with Crippen LogP contribution in [0.3, 0.4) is 0 Å². The average Bonchev–Trinajstić information content (AvgIpc) is 3.01. The smallest absolute Gasteiger partial charge is 0.316 e. The molecular weight excluding hydrogens is 384 g/mol. The fourth-order valence-electron chi connectivity index (χ4n) is 1.79. The summed E-state index contributed by atoms with van der Waals surface area (Å²) in [5.41, 5.74) is 0.0316. The molecule has 11 heteroatoms. The van der Waals surface area contributed by atoms with Gasteiger partial charge in [0.05, 0.1) is 11.5 Å². The molecule has 0 aliphatic carbocycles. The SMILES string of the molecule is Cc1cc(NC(=O)CSCC(=O)OCC(=O)Nc2ccc(F)c(F)c2)no1. The summed E-state index contributed by atoms with van der Waals surface area (Å²) < 4.78 is 35.4. The molecule has 1 aromatic heterocycles. The van der Waals surface area contributed by atoms with E-state index >= 15 is 0 Å². The van der Waals surface area contributed by atoms with Crippen LogP contribution in [0.5, 0.6) is 0 Å². The Balaban J connectivity index is 1.63. The minimum Gasteiger partial charge on any atom is -0.455 e. The van der Waals surface area contributed by atoms with Crippen molar-refractivity contribution < 1.29 is 32.4 Å². The summed E-state index contributed by atoms with van der Waals surface area (Å²) in [7, 11) is 0. The molecule has 0 atom stereocenters. The van der Waals surface area contributed by atoms with E-state index in [1.165, 1.54) is 6.07 Å². The van der Waals surface area contributed by atoms with Gasteiger partial charge in [-0.3, -0.25) is 14.4 Å². The van der Waals surface area contributed by atoms with E-state index < -0.39 is 30.1 Å². The number of esters is 1. The Bertz CT molecular complexity index is 843. The lowest BCUT2D eigenvalue weighted by Crippen LogP contribution is -2.22. The molecular formula is C16H15F2N3O5S. The molecule has 2 N–H and O–H groups in total. The third-order valence-corrected chi connectivity index (χ3v) is 3.82. The number of hydrogen-bond acceptors (Lipinski definition) is 7. The number of hydrogen-bond donors (Lipinski definition) is 2. The predicted octanol–water partition coefficient (Wildman–Crippen LogP) is 2.11. The molecule has 1 heterocycles. The average molecular weight is 399 g/mol. The zero-order valence-electron chi connectivity index (χ0n) is 14.1. The highest BCUT2D eigenvalue weighted by molar-refractivity contribution is 8.00. The van der Waals surface area contributed by atoms with E-state index in [4.69, 9.17) is 9.26 Å². The topological polar surface area (TPSA) is 111 Å². The van der Waals surface area contributed by atoms with E-state index in [0.29, 0.717) is 5.76 Å². The van der Waals surface area contributed by atoms with Gasteiger partial charge in [-0.05, 0) is 19.1 Å². The number of thioether (sulfide) groups is 1. The number of aromatic nitrogens is 1. The van der Waals surface area contributed by atoms with E-state index in [1.54, 1.807) is 13.0 Å². The van der Waals surface area contributed by atoms with Crippen LogP contribution in [-0.4, -0.2) is 41.1 Å². The number of benzene rings is 1. The van der Waals surface area contributed by atoms with Gasteiger partial charge in [0, 0.05) is 17.8 Å². The van der Waals surface area contributed by atoms with Crippen LogP contribution < -0.4 is 10.6 Å². The van der Waals surface area contributed by atoms with Crippen LogP contribution in [0, 0.1) is 18.6 Å². The van der Waals surface area contributed by atoms with Crippen molar-refractivity contribution in [3.05, 3.63) is 41.7 Å². The number of amides is 2. The maximum absolute atomic E-state index is 13.0. The molecule has 0 radical (unpaired) electrons. The van der Waals surface area contributed by atoms with Gasteiger partial charge >= 0.3 is 5.97 Å². The Labute approximate surface area is 156 Å². The third-order valence-electron chi connectivity index (χ3n) is 2.92. The van der Waals surface area contributed by atoms with Crippen molar-refractivity contribution in [2.75, 3.05) is 28.7 Å². The van der Waals surface area contributed by atoms with Crippen LogP contribution in [-0.2, 0) is 19.1 Å². The second-order valence-corrected chi connectivity index (χ2v) is 6.19. The van der Waals surface area contributed by atoms with Gasteiger partial charge in [-0.2, -0.15) is 0 Å². The molecule has 0 saturated carbocycles. The zero-order chi connectivity index (χ0) is 19.8. The van der Waals surface area contributed by atoms with E-state index in [2.05, 4.69) is 15.8 Å². The Morgan fingerprint density at radius 3 is 2.56 bits per heavy atom. The molecule has 144 valence electrons. The summed E-state index contributed by atoms with van der Waals surface area (Å²) >= 11 is 0.987. The summed E-state index contributed by atoms with van der Waals surface area (Å²) in [4.78, 5) is 34.8. The highest BCUT2D eigenvalue weighted by Crippen LogP contribution is 2.13. The molecule has 0 aliphatic heterocycles. The molecule has 0 aliphatic rings. The van der Waals surface area contributed by atoms with Crippen LogP contribution in [0.1, 0.15) is 5.76 Å². The van der Waals surface area contributed by atoms with E-state index in [0.717, 1.165) is 23.9 Å². The largest absolute Gasteiger partial charge is 0.455 e. The minimum atomic E-state index is -1.11. The van der Waals surface area contributed by atoms with Crippen molar-refractivity contribution in [3.63, 3.8) is 0 Å². The Kier molecular flexibility index (Phi) is 7.29. The summed E-state index contributed by atoms with van der Waals surface area (Å²) in [6, 6.07) is 4.38. The second kappa shape index (κ2) is 9.67. The van der Waals surface area contributed by atoms with Crippen molar-refractivity contribution >= 4 is 41.1 Å². The van der Waals surface area contributed by atoms with Crippen LogP contribution in [0.15, 0.2) is 28.8 Å². The number of rotatable bonds is 8. The van der Waals surface area contributed by atoms with Crippen molar-refractivity contribution in [1.82, 2.24) is 5.16 Å². The second-order valence-electron chi connectivity index (χ2n) is 5.20. The Hall–Kier alpha value is -2.95. The fourth-order valence-corrected chi connectivity index (χ4v) is 2.40. The van der Waals surface area contributed by atoms with E-state index in [1.807, 2.05) is 0 Å². The molecule has 0 bridgehead atoms. The van der Waals surface area contributed by atoms with Crippen LogP contribution in [0.25, 0.3) is 0 Å². The normalized spacial score (nSPS) is 10.3. The number of halogens is 2. The Morgan fingerprint density at radius 2 is 1.89 bits per heavy atom. The maximum atomic E-state index is 13.0. The lowest BCUT2D eigenvalue weighted by molar-refractivity contribution is -0.144. The van der Waals surface area contributed by atoms with Crippen molar-refractivity contribution in [2.45, 2.75) is 6.92 Å². The highest BCUT2D eigenvalue weighted by Gasteiger charge is 2.11.